The molecule has 0 unspecified atom stereocenters. The van der Waals surface area contributed by atoms with Crippen LogP contribution >= 0.6 is 27.5 Å². The fourth-order valence-corrected chi connectivity index (χ4v) is 3.11. The van der Waals surface area contributed by atoms with Crippen molar-refractivity contribution in [2.24, 2.45) is 11.8 Å². The van der Waals surface area contributed by atoms with Gasteiger partial charge in [0.05, 0.1) is 22.5 Å². The second-order valence-corrected chi connectivity index (χ2v) is 5.92. The fraction of sp³-hybridized carbons (Fsp3) is 0.385. The van der Waals surface area contributed by atoms with Crippen molar-refractivity contribution in [3.8, 4) is 0 Å². The Morgan fingerprint density at radius 1 is 1.32 bits per heavy atom. The summed E-state index contributed by atoms with van der Waals surface area (Å²) in [6.07, 6.45) is 1.93. The Kier molecular flexibility index (Phi) is 4.47. The molecule has 102 valence electrons. The molecule has 0 aromatic heterocycles. The highest BCUT2D eigenvalue weighted by Gasteiger charge is 2.37. The van der Waals surface area contributed by atoms with Crippen molar-refractivity contribution in [3.05, 3.63) is 27.7 Å². The molecule has 1 aromatic carbocycles. The molecule has 1 aliphatic carbocycles. The van der Waals surface area contributed by atoms with E-state index in [0.717, 1.165) is 10.9 Å². The molecule has 4 nitrogen and oxygen atoms in total. The Hall–Kier alpha value is -1.07. The first-order chi connectivity index (χ1) is 8.99. The number of carboxylic acids is 1. The first kappa shape index (κ1) is 14.3. The summed E-state index contributed by atoms with van der Waals surface area (Å²) in [6, 6.07) is 5.14. The van der Waals surface area contributed by atoms with Crippen LogP contribution in [0.3, 0.4) is 0 Å². The third kappa shape index (κ3) is 3.28. The maximum absolute atomic E-state index is 12.1. The predicted molar refractivity (Wildman–Crippen MR) is 76.2 cm³/mol. The van der Waals surface area contributed by atoms with Gasteiger partial charge in [-0.3, -0.25) is 9.59 Å². The highest BCUT2D eigenvalue weighted by atomic mass is 79.9. The van der Waals surface area contributed by atoms with E-state index < -0.39 is 17.8 Å². The number of carboxylic acid groups (broad SMARTS) is 1. The van der Waals surface area contributed by atoms with E-state index in [0.29, 0.717) is 23.6 Å². The van der Waals surface area contributed by atoms with Crippen LogP contribution in [0.25, 0.3) is 0 Å². The minimum absolute atomic E-state index is 0.269. The molecular weight excluding hydrogens is 334 g/mol. The molecule has 1 aromatic rings. The number of amides is 1. The third-order valence-corrected chi connectivity index (χ3v) is 4.16. The summed E-state index contributed by atoms with van der Waals surface area (Å²) in [5, 5.41) is 12.2. The number of nitrogens with one attached hydrogen (secondary N) is 1. The van der Waals surface area contributed by atoms with Crippen LogP contribution in [-0.2, 0) is 9.59 Å². The van der Waals surface area contributed by atoms with E-state index in [1.807, 2.05) is 0 Å². The Morgan fingerprint density at radius 3 is 2.63 bits per heavy atom. The average Bonchev–Trinajstić information content (AvgIpc) is 2.82. The molecule has 19 heavy (non-hydrogen) atoms. The van der Waals surface area contributed by atoms with Crippen LogP contribution in [0.1, 0.15) is 19.3 Å². The van der Waals surface area contributed by atoms with Crippen LogP contribution in [0.2, 0.25) is 5.02 Å². The zero-order valence-electron chi connectivity index (χ0n) is 10.0. The number of carbonyl (C=O) groups excluding carboxylic acids is 1. The molecule has 0 aliphatic heterocycles. The molecule has 1 saturated carbocycles. The van der Waals surface area contributed by atoms with E-state index in [9.17, 15) is 9.59 Å². The van der Waals surface area contributed by atoms with E-state index in [1.54, 1.807) is 18.2 Å². The molecule has 2 atom stereocenters. The molecule has 1 aliphatic rings. The zero-order valence-corrected chi connectivity index (χ0v) is 12.4. The standard InChI is InChI=1S/C13H13BrClNO3/c14-7-4-5-11(10(15)6-7)16-12(17)8-2-1-3-9(8)13(18)19/h4-6,8-9H,1-3H2,(H,16,17)(H,18,19)/t8-,9+/m1/s1. The molecular formula is C13H13BrClNO3. The normalized spacial score (nSPS) is 22.2. The smallest absolute Gasteiger partial charge is 0.307 e. The van der Waals surface area contributed by atoms with Crippen LogP contribution < -0.4 is 5.32 Å². The topological polar surface area (TPSA) is 66.4 Å². The number of anilines is 1. The largest absolute Gasteiger partial charge is 0.481 e. The van der Waals surface area contributed by atoms with Gasteiger partial charge in [-0.1, -0.05) is 34.0 Å². The lowest BCUT2D eigenvalue weighted by molar-refractivity contribution is -0.145. The summed E-state index contributed by atoms with van der Waals surface area (Å²) < 4.78 is 0.819. The van der Waals surface area contributed by atoms with Crippen LogP contribution in [0.15, 0.2) is 22.7 Å². The zero-order chi connectivity index (χ0) is 14.0. The van der Waals surface area contributed by atoms with Crippen LogP contribution in [0, 0.1) is 11.8 Å². The van der Waals surface area contributed by atoms with Gasteiger partial charge in [-0.15, -0.1) is 0 Å². The van der Waals surface area contributed by atoms with Gasteiger partial charge < -0.3 is 10.4 Å². The lowest BCUT2D eigenvalue weighted by Gasteiger charge is -2.16. The molecule has 0 spiro atoms. The van der Waals surface area contributed by atoms with Gasteiger partial charge in [0, 0.05) is 4.47 Å². The summed E-state index contributed by atoms with van der Waals surface area (Å²) in [5.41, 5.74) is 0.505. The second-order valence-electron chi connectivity index (χ2n) is 4.60. The summed E-state index contributed by atoms with van der Waals surface area (Å²) in [6.45, 7) is 0. The molecule has 0 saturated heterocycles. The van der Waals surface area contributed by atoms with Gasteiger partial charge in [0.25, 0.3) is 0 Å². The number of carbonyl (C=O) groups is 2. The predicted octanol–water partition coefficient (Wildman–Crippen LogP) is 3.54. The molecule has 1 fully saturated rings. The Bertz CT molecular complexity index is 521. The molecule has 1 amide bonds. The van der Waals surface area contributed by atoms with Gasteiger partial charge in [-0.25, -0.2) is 0 Å². The van der Waals surface area contributed by atoms with Gasteiger partial charge >= 0.3 is 5.97 Å². The van der Waals surface area contributed by atoms with Gasteiger partial charge in [0.2, 0.25) is 5.91 Å². The van der Waals surface area contributed by atoms with E-state index in [4.69, 9.17) is 16.7 Å². The molecule has 0 heterocycles. The molecule has 2 N–H and O–H groups in total. The van der Waals surface area contributed by atoms with Crippen LogP contribution in [0.4, 0.5) is 5.69 Å². The van der Waals surface area contributed by atoms with Gasteiger partial charge in [-0.05, 0) is 31.0 Å². The van der Waals surface area contributed by atoms with E-state index in [2.05, 4.69) is 21.2 Å². The van der Waals surface area contributed by atoms with Crippen LogP contribution in [-0.4, -0.2) is 17.0 Å². The first-order valence-electron chi connectivity index (χ1n) is 5.98. The Morgan fingerprint density at radius 2 is 2.00 bits per heavy atom. The van der Waals surface area contributed by atoms with Crippen LogP contribution in [0.5, 0.6) is 0 Å². The minimum Gasteiger partial charge on any atom is -0.481 e. The Balaban J connectivity index is 2.10. The number of hydrogen-bond acceptors (Lipinski definition) is 2. The van der Waals surface area contributed by atoms with Crippen molar-refractivity contribution in [1.82, 2.24) is 0 Å². The van der Waals surface area contributed by atoms with Crippen molar-refractivity contribution in [2.45, 2.75) is 19.3 Å². The quantitative estimate of drug-likeness (QED) is 0.879. The summed E-state index contributed by atoms with van der Waals surface area (Å²) in [4.78, 5) is 23.2. The Labute approximate surface area is 124 Å². The second kappa shape index (κ2) is 5.92. The van der Waals surface area contributed by atoms with Gasteiger partial charge in [0.1, 0.15) is 0 Å². The molecule has 6 heteroatoms. The van der Waals surface area contributed by atoms with E-state index in [-0.39, 0.29) is 5.91 Å². The highest BCUT2D eigenvalue weighted by molar-refractivity contribution is 9.10. The molecule has 0 radical (unpaired) electrons. The number of rotatable bonds is 3. The van der Waals surface area contributed by atoms with Crippen molar-refractivity contribution in [2.75, 3.05) is 5.32 Å². The fourth-order valence-electron chi connectivity index (χ4n) is 2.39. The minimum atomic E-state index is -0.903. The SMILES string of the molecule is O=C(O)[C@H]1CCC[C@H]1C(=O)Nc1ccc(Br)cc1Cl. The summed E-state index contributed by atoms with van der Waals surface area (Å²) in [5.74, 6) is -2.24. The summed E-state index contributed by atoms with van der Waals surface area (Å²) >= 11 is 9.30. The maximum Gasteiger partial charge on any atom is 0.307 e. The van der Waals surface area contributed by atoms with Crippen molar-refractivity contribution in [3.63, 3.8) is 0 Å². The summed E-state index contributed by atoms with van der Waals surface area (Å²) in [7, 11) is 0. The van der Waals surface area contributed by atoms with E-state index in [1.165, 1.54) is 0 Å². The highest BCUT2D eigenvalue weighted by Crippen LogP contribution is 2.34. The molecule has 2 rings (SSSR count). The van der Waals surface area contributed by atoms with Gasteiger partial charge in [0.15, 0.2) is 0 Å². The molecule has 0 bridgehead atoms. The first-order valence-corrected chi connectivity index (χ1v) is 7.15. The van der Waals surface area contributed by atoms with Crippen molar-refractivity contribution < 1.29 is 14.7 Å². The van der Waals surface area contributed by atoms with E-state index >= 15 is 0 Å². The number of halogens is 2. The lowest BCUT2D eigenvalue weighted by atomic mass is 9.95. The lowest BCUT2D eigenvalue weighted by Crippen LogP contribution is -2.30. The maximum atomic E-state index is 12.1. The number of aliphatic carboxylic acids is 1. The third-order valence-electron chi connectivity index (χ3n) is 3.36. The monoisotopic (exact) mass is 345 g/mol. The van der Waals surface area contributed by atoms with Crippen molar-refractivity contribution >= 4 is 45.1 Å². The van der Waals surface area contributed by atoms with Crippen molar-refractivity contribution in [1.29, 1.82) is 0 Å². The average molecular weight is 347 g/mol. The number of benzene rings is 1. The van der Waals surface area contributed by atoms with Gasteiger partial charge in [-0.2, -0.15) is 0 Å². The number of hydrogen-bond donors (Lipinski definition) is 2.